The Morgan fingerprint density at radius 2 is 1.66 bits per heavy atom. The van der Waals surface area contributed by atoms with Gasteiger partial charge in [-0.15, -0.1) is 0 Å². The van der Waals surface area contributed by atoms with Crippen LogP contribution >= 0.6 is 0 Å². The number of aromatic nitrogens is 2. The third-order valence-corrected chi connectivity index (χ3v) is 5.79. The van der Waals surface area contributed by atoms with Crippen LogP contribution in [0.2, 0.25) is 0 Å². The van der Waals surface area contributed by atoms with Gasteiger partial charge in [-0.1, -0.05) is 18.2 Å². The molecule has 0 unspecified atom stereocenters. The van der Waals surface area contributed by atoms with Crippen molar-refractivity contribution in [3.8, 4) is 5.69 Å². The van der Waals surface area contributed by atoms with Crippen LogP contribution in [0.3, 0.4) is 0 Å². The Hall–Kier alpha value is -3.22. The van der Waals surface area contributed by atoms with Crippen molar-refractivity contribution in [2.24, 2.45) is 0 Å². The number of ketones is 1. The van der Waals surface area contributed by atoms with Crippen LogP contribution in [0.15, 0.2) is 36.4 Å². The largest absolute Gasteiger partial charge is 0.452 e. The van der Waals surface area contributed by atoms with Crippen molar-refractivity contribution >= 4 is 23.7 Å². The van der Waals surface area contributed by atoms with Gasteiger partial charge in [-0.2, -0.15) is 5.10 Å². The lowest BCUT2D eigenvalue weighted by Gasteiger charge is -2.51. The molecule has 0 N–H and O–H groups in total. The average Bonchev–Trinajstić information content (AvgIpc) is 2.96. The first-order valence-corrected chi connectivity index (χ1v) is 10.7. The fraction of sp³-hybridized carbons (Fsp3) is 0.440. The highest BCUT2D eigenvalue weighted by Crippen LogP contribution is 2.36. The van der Waals surface area contributed by atoms with E-state index in [9.17, 15) is 14.4 Å². The second-order valence-corrected chi connectivity index (χ2v) is 9.52. The molecule has 7 heteroatoms. The van der Waals surface area contributed by atoms with E-state index in [0.29, 0.717) is 12.8 Å². The van der Waals surface area contributed by atoms with Crippen molar-refractivity contribution in [3.05, 3.63) is 53.4 Å². The van der Waals surface area contributed by atoms with Gasteiger partial charge in [-0.3, -0.25) is 9.59 Å². The maximum Gasteiger partial charge on any atom is 0.331 e. The average molecular weight is 438 g/mol. The zero-order valence-corrected chi connectivity index (χ0v) is 19.6. The number of hydrogen-bond acceptors (Lipinski definition) is 5. The standard InChI is InChI=1S/C25H31N3O4/c1-17-21(18(2)27(26-17)19-10-8-7-9-11-19)12-13-23(31)32-16-22(30)28-24(3,4)14-20(29)15-25(28,5)6/h7-13H,14-16H2,1-6H3/b13-12+. The molecule has 32 heavy (non-hydrogen) atoms. The molecule has 1 amide bonds. The highest BCUT2D eigenvalue weighted by atomic mass is 16.5. The third kappa shape index (κ3) is 4.82. The van der Waals surface area contributed by atoms with Crippen LogP contribution in [-0.4, -0.2) is 50.0 Å². The number of Topliss-reactive ketones (excluding diaryl/α,β-unsaturated/α-hetero) is 1. The molecule has 1 aliphatic heterocycles. The topological polar surface area (TPSA) is 81.5 Å². The lowest BCUT2D eigenvalue weighted by molar-refractivity contribution is -0.161. The van der Waals surface area contributed by atoms with Gasteiger partial charge in [0.25, 0.3) is 5.91 Å². The van der Waals surface area contributed by atoms with E-state index in [2.05, 4.69) is 5.10 Å². The van der Waals surface area contributed by atoms with Gasteiger partial charge in [0.05, 0.1) is 11.4 Å². The van der Waals surface area contributed by atoms with Gasteiger partial charge >= 0.3 is 5.97 Å². The van der Waals surface area contributed by atoms with E-state index in [1.54, 1.807) is 11.0 Å². The number of likely N-dealkylation sites (tertiary alicyclic amines) is 1. The first-order valence-electron chi connectivity index (χ1n) is 10.7. The molecule has 2 aromatic rings. The summed E-state index contributed by atoms with van der Waals surface area (Å²) in [6.45, 7) is 10.9. The third-order valence-electron chi connectivity index (χ3n) is 5.79. The normalized spacial score (nSPS) is 17.6. The fourth-order valence-corrected chi connectivity index (χ4v) is 4.79. The first kappa shape index (κ1) is 23.4. The molecule has 0 atom stereocenters. The monoisotopic (exact) mass is 437 g/mol. The van der Waals surface area contributed by atoms with E-state index in [1.807, 2.05) is 76.6 Å². The molecule has 1 fully saturated rings. The van der Waals surface area contributed by atoms with Gasteiger partial charge in [-0.25, -0.2) is 9.48 Å². The number of carbonyl (C=O) groups excluding carboxylic acids is 3. The first-order chi connectivity index (χ1) is 14.9. The van der Waals surface area contributed by atoms with E-state index in [4.69, 9.17) is 4.74 Å². The summed E-state index contributed by atoms with van der Waals surface area (Å²) < 4.78 is 7.06. The maximum absolute atomic E-state index is 12.9. The number of amides is 1. The van der Waals surface area contributed by atoms with Crippen LogP contribution in [0.4, 0.5) is 0 Å². The molecule has 1 saturated heterocycles. The number of ether oxygens (including phenoxy) is 1. The van der Waals surface area contributed by atoms with Crippen LogP contribution in [0.5, 0.6) is 0 Å². The molecule has 2 heterocycles. The molecular formula is C25H31N3O4. The van der Waals surface area contributed by atoms with Crippen LogP contribution in [0, 0.1) is 13.8 Å². The molecule has 7 nitrogen and oxygen atoms in total. The lowest BCUT2D eigenvalue weighted by Crippen LogP contribution is -2.63. The molecule has 3 rings (SSSR count). The molecular weight excluding hydrogens is 406 g/mol. The summed E-state index contributed by atoms with van der Waals surface area (Å²) >= 11 is 0. The van der Waals surface area contributed by atoms with Crippen molar-refractivity contribution in [1.82, 2.24) is 14.7 Å². The lowest BCUT2D eigenvalue weighted by atomic mass is 9.79. The molecule has 0 radical (unpaired) electrons. The zero-order chi connectivity index (χ0) is 23.7. The van der Waals surface area contributed by atoms with Gasteiger partial charge in [-0.05, 0) is 59.8 Å². The predicted octanol–water partition coefficient (Wildman–Crippen LogP) is 3.79. The van der Waals surface area contributed by atoms with Crippen molar-refractivity contribution in [1.29, 1.82) is 0 Å². The zero-order valence-electron chi connectivity index (χ0n) is 19.6. The quantitative estimate of drug-likeness (QED) is 0.525. The number of piperidine rings is 1. The highest BCUT2D eigenvalue weighted by Gasteiger charge is 2.47. The minimum Gasteiger partial charge on any atom is -0.452 e. The molecule has 0 bridgehead atoms. The maximum atomic E-state index is 12.9. The molecule has 1 aromatic carbocycles. The fourth-order valence-electron chi connectivity index (χ4n) is 4.79. The molecule has 170 valence electrons. The van der Waals surface area contributed by atoms with Crippen LogP contribution in [0.25, 0.3) is 11.8 Å². The van der Waals surface area contributed by atoms with Gasteiger partial charge in [0.15, 0.2) is 6.61 Å². The van der Waals surface area contributed by atoms with E-state index in [1.165, 1.54) is 6.08 Å². The summed E-state index contributed by atoms with van der Waals surface area (Å²) in [5, 5.41) is 4.56. The summed E-state index contributed by atoms with van der Waals surface area (Å²) in [4.78, 5) is 38.9. The predicted molar refractivity (Wildman–Crippen MR) is 122 cm³/mol. The number of carbonyl (C=O) groups is 3. The molecule has 0 spiro atoms. The van der Waals surface area contributed by atoms with Gasteiger partial charge in [0.1, 0.15) is 5.78 Å². The second-order valence-electron chi connectivity index (χ2n) is 9.52. The minimum atomic E-state index is -0.627. The summed E-state index contributed by atoms with van der Waals surface area (Å²) in [6.07, 6.45) is 3.56. The number of rotatable bonds is 5. The number of nitrogens with zero attached hydrogens (tertiary/aromatic N) is 3. The van der Waals surface area contributed by atoms with Crippen LogP contribution in [-0.2, 0) is 19.1 Å². The van der Waals surface area contributed by atoms with Gasteiger partial charge in [0, 0.05) is 41.3 Å². The van der Waals surface area contributed by atoms with E-state index < -0.39 is 17.0 Å². The highest BCUT2D eigenvalue weighted by molar-refractivity contribution is 5.91. The van der Waals surface area contributed by atoms with Crippen LogP contribution < -0.4 is 0 Å². The van der Waals surface area contributed by atoms with Crippen molar-refractivity contribution in [2.75, 3.05) is 6.61 Å². The number of benzene rings is 1. The Bertz CT molecular complexity index is 1040. The number of para-hydroxylation sites is 1. The summed E-state index contributed by atoms with van der Waals surface area (Å²) in [5.41, 5.74) is 2.19. The number of esters is 1. The molecule has 1 aromatic heterocycles. The van der Waals surface area contributed by atoms with Gasteiger partial charge < -0.3 is 9.64 Å². The van der Waals surface area contributed by atoms with Gasteiger partial charge in [0.2, 0.25) is 0 Å². The molecule has 1 aliphatic rings. The Morgan fingerprint density at radius 1 is 1.06 bits per heavy atom. The summed E-state index contributed by atoms with van der Waals surface area (Å²) in [7, 11) is 0. The number of aryl methyl sites for hydroxylation is 1. The summed E-state index contributed by atoms with van der Waals surface area (Å²) in [6, 6.07) is 9.75. The Kier molecular flexibility index (Phi) is 6.39. The SMILES string of the molecule is Cc1nn(-c2ccccc2)c(C)c1/C=C/C(=O)OCC(=O)N1C(C)(C)CC(=O)CC1(C)C. The smallest absolute Gasteiger partial charge is 0.331 e. The second kappa shape index (κ2) is 8.73. The van der Waals surface area contributed by atoms with Crippen LogP contribution in [0.1, 0.15) is 57.5 Å². The Balaban J connectivity index is 1.67. The summed E-state index contributed by atoms with van der Waals surface area (Å²) in [5.74, 6) is -0.780. The Morgan fingerprint density at radius 3 is 2.25 bits per heavy atom. The number of hydrogen-bond donors (Lipinski definition) is 0. The minimum absolute atomic E-state index is 0.130. The van der Waals surface area contributed by atoms with Crippen molar-refractivity contribution in [3.63, 3.8) is 0 Å². The van der Waals surface area contributed by atoms with E-state index in [-0.39, 0.29) is 18.3 Å². The van der Waals surface area contributed by atoms with E-state index in [0.717, 1.165) is 22.6 Å². The molecule has 0 saturated carbocycles. The molecule has 0 aliphatic carbocycles. The van der Waals surface area contributed by atoms with Crippen molar-refractivity contribution in [2.45, 2.75) is 65.5 Å². The van der Waals surface area contributed by atoms with Crippen molar-refractivity contribution < 1.29 is 19.1 Å². The van der Waals surface area contributed by atoms with E-state index >= 15 is 0 Å². The Labute approximate surface area is 189 Å².